The molecule has 28 heavy (non-hydrogen) atoms. The highest BCUT2D eigenvalue weighted by molar-refractivity contribution is 9.10. The van der Waals surface area contributed by atoms with Crippen molar-refractivity contribution in [1.29, 1.82) is 0 Å². The smallest absolute Gasteiger partial charge is 0.253 e. The highest BCUT2D eigenvalue weighted by atomic mass is 79.9. The van der Waals surface area contributed by atoms with E-state index in [2.05, 4.69) is 20.9 Å². The molecule has 0 saturated heterocycles. The maximum Gasteiger partial charge on any atom is 0.253 e. The van der Waals surface area contributed by atoms with Crippen molar-refractivity contribution in [2.45, 2.75) is 6.54 Å². The Morgan fingerprint density at radius 1 is 1.21 bits per heavy atom. The zero-order valence-electron chi connectivity index (χ0n) is 14.5. The molecule has 0 N–H and O–H groups in total. The molecule has 2 heterocycles. The summed E-state index contributed by atoms with van der Waals surface area (Å²) in [6.07, 6.45) is 4.81. The number of rotatable bonds is 5. The summed E-state index contributed by atoms with van der Waals surface area (Å²) in [7, 11) is 0. The lowest BCUT2D eigenvalue weighted by Crippen LogP contribution is -2.28. The van der Waals surface area contributed by atoms with E-state index < -0.39 is 0 Å². The molecular weight excluding hydrogens is 460 g/mol. The Bertz CT molecular complexity index is 1150. The molecule has 7 heteroatoms. The molecular formula is C21H14BrClN2O2S. The van der Waals surface area contributed by atoms with Gasteiger partial charge >= 0.3 is 0 Å². The number of hydrogen-bond donors (Lipinski definition) is 0. The van der Waals surface area contributed by atoms with Crippen LogP contribution in [-0.2, 0) is 11.3 Å². The van der Waals surface area contributed by atoms with Crippen molar-refractivity contribution >= 4 is 66.2 Å². The first kappa shape index (κ1) is 18.9. The molecule has 0 bridgehead atoms. The van der Waals surface area contributed by atoms with Crippen LogP contribution in [-0.4, -0.2) is 10.9 Å². The van der Waals surface area contributed by atoms with Gasteiger partial charge in [0.15, 0.2) is 5.13 Å². The number of aromatic nitrogens is 1. The molecule has 2 aromatic heterocycles. The van der Waals surface area contributed by atoms with Gasteiger partial charge < -0.3 is 4.42 Å². The summed E-state index contributed by atoms with van der Waals surface area (Å²) in [4.78, 5) is 19.2. The van der Waals surface area contributed by atoms with Gasteiger partial charge in [-0.15, -0.1) is 0 Å². The van der Waals surface area contributed by atoms with Gasteiger partial charge in [0.05, 0.1) is 23.0 Å². The van der Waals surface area contributed by atoms with Gasteiger partial charge in [-0.2, -0.15) is 0 Å². The highest BCUT2D eigenvalue weighted by Crippen LogP contribution is 2.32. The molecule has 0 spiro atoms. The fraction of sp³-hybridized carbons (Fsp3) is 0.0476. The number of nitrogens with zero attached hydrogens (tertiary/aromatic N) is 2. The molecule has 0 aliphatic rings. The Morgan fingerprint density at radius 3 is 2.86 bits per heavy atom. The van der Waals surface area contributed by atoms with Crippen LogP contribution in [0.4, 0.5) is 5.13 Å². The number of furan rings is 1. The second-order valence-electron chi connectivity index (χ2n) is 5.97. The summed E-state index contributed by atoms with van der Waals surface area (Å²) in [6.45, 7) is 0.291. The van der Waals surface area contributed by atoms with Gasteiger partial charge in [-0.05, 0) is 48.0 Å². The summed E-state index contributed by atoms with van der Waals surface area (Å²) >= 11 is 11.1. The second-order valence-corrected chi connectivity index (χ2v) is 8.30. The molecule has 2 aromatic carbocycles. The third-order valence-corrected chi connectivity index (χ3v) is 5.92. The first-order chi connectivity index (χ1) is 13.6. The maximum atomic E-state index is 13.0. The van der Waals surface area contributed by atoms with E-state index in [9.17, 15) is 4.79 Å². The van der Waals surface area contributed by atoms with Crippen LogP contribution >= 0.6 is 38.9 Å². The lowest BCUT2D eigenvalue weighted by Gasteiger charge is -2.16. The summed E-state index contributed by atoms with van der Waals surface area (Å²) in [5, 5.41) is 1.20. The minimum absolute atomic E-state index is 0.200. The summed E-state index contributed by atoms with van der Waals surface area (Å²) in [6, 6.07) is 16.9. The summed E-state index contributed by atoms with van der Waals surface area (Å²) < 4.78 is 7.41. The number of benzene rings is 2. The number of carbonyl (C=O) groups excluding carboxylic acids is 1. The Morgan fingerprint density at radius 2 is 2.07 bits per heavy atom. The Labute approximate surface area is 179 Å². The SMILES string of the molecule is O=C(/C=C/c1ccccc1Cl)N(Cc1ccco1)c1nc2ccc(Br)cc2s1. The minimum atomic E-state index is -0.200. The molecule has 0 radical (unpaired) electrons. The van der Waals surface area contributed by atoms with Crippen LogP contribution in [0, 0.1) is 0 Å². The van der Waals surface area contributed by atoms with E-state index in [-0.39, 0.29) is 5.91 Å². The third kappa shape index (κ3) is 4.19. The Hall–Kier alpha value is -2.41. The molecule has 4 aromatic rings. The van der Waals surface area contributed by atoms with Crippen molar-refractivity contribution in [3.05, 3.63) is 87.8 Å². The van der Waals surface area contributed by atoms with Crippen molar-refractivity contribution in [2.24, 2.45) is 0 Å². The zero-order valence-corrected chi connectivity index (χ0v) is 17.7. The molecule has 1 amide bonds. The van der Waals surface area contributed by atoms with Gasteiger partial charge in [0.1, 0.15) is 5.76 Å². The first-order valence-electron chi connectivity index (χ1n) is 8.43. The van der Waals surface area contributed by atoms with E-state index in [0.29, 0.717) is 22.5 Å². The van der Waals surface area contributed by atoms with E-state index in [1.54, 1.807) is 29.4 Å². The van der Waals surface area contributed by atoms with Crippen LogP contribution < -0.4 is 4.90 Å². The van der Waals surface area contributed by atoms with Crippen molar-refractivity contribution in [2.75, 3.05) is 4.90 Å². The molecule has 0 unspecified atom stereocenters. The normalized spacial score (nSPS) is 11.4. The van der Waals surface area contributed by atoms with E-state index in [4.69, 9.17) is 16.0 Å². The van der Waals surface area contributed by atoms with E-state index >= 15 is 0 Å². The predicted octanol–water partition coefficient (Wildman–Crippen LogP) is 6.55. The zero-order chi connectivity index (χ0) is 19.5. The summed E-state index contributed by atoms with van der Waals surface area (Å²) in [5.74, 6) is 0.481. The van der Waals surface area contributed by atoms with Crippen LogP contribution in [0.2, 0.25) is 5.02 Å². The fourth-order valence-electron chi connectivity index (χ4n) is 2.66. The van der Waals surface area contributed by atoms with Crippen LogP contribution in [0.3, 0.4) is 0 Å². The standard InChI is InChI=1S/C21H14BrClN2O2S/c22-15-8-9-18-19(12-15)28-21(24-18)25(13-16-5-3-11-27-16)20(26)10-7-14-4-1-2-6-17(14)23/h1-12H,13H2/b10-7+. The van der Waals surface area contributed by atoms with Crippen LogP contribution in [0.25, 0.3) is 16.3 Å². The second kappa shape index (κ2) is 8.31. The molecule has 0 saturated carbocycles. The van der Waals surface area contributed by atoms with E-state index in [1.807, 2.05) is 42.5 Å². The average Bonchev–Trinajstić information content (AvgIpc) is 3.34. The fourth-order valence-corrected chi connectivity index (χ4v) is 4.38. The van der Waals surface area contributed by atoms with Crippen LogP contribution in [0.1, 0.15) is 11.3 Å². The van der Waals surface area contributed by atoms with Gasteiger partial charge in [0.2, 0.25) is 0 Å². The highest BCUT2D eigenvalue weighted by Gasteiger charge is 2.19. The number of halogens is 2. The maximum absolute atomic E-state index is 13.0. The first-order valence-corrected chi connectivity index (χ1v) is 10.4. The van der Waals surface area contributed by atoms with E-state index in [0.717, 1.165) is 20.3 Å². The molecule has 0 aliphatic heterocycles. The van der Waals surface area contributed by atoms with Crippen molar-refractivity contribution in [1.82, 2.24) is 4.98 Å². The van der Waals surface area contributed by atoms with Crippen LogP contribution in [0.5, 0.6) is 0 Å². The average molecular weight is 474 g/mol. The predicted molar refractivity (Wildman–Crippen MR) is 118 cm³/mol. The molecule has 4 nitrogen and oxygen atoms in total. The monoisotopic (exact) mass is 472 g/mol. The lowest BCUT2D eigenvalue weighted by molar-refractivity contribution is -0.114. The van der Waals surface area contributed by atoms with Crippen LogP contribution in [0.15, 0.2) is 75.8 Å². The number of anilines is 1. The lowest BCUT2D eigenvalue weighted by atomic mass is 10.2. The van der Waals surface area contributed by atoms with E-state index in [1.165, 1.54) is 17.4 Å². The molecule has 140 valence electrons. The van der Waals surface area contributed by atoms with Crippen molar-refractivity contribution in [3.63, 3.8) is 0 Å². The van der Waals surface area contributed by atoms with Gasteiger partial charge in [0.25, 0.3) is 5.91 Å². The molecule has 0 atom stereocenters. The largest absolute Gasteiger partial charge is 0.467 e. The number of hydrogen-bond acceptors (Lipinski definition) is 4. The van der Waals surface area contributed by atoms with Gasteiger partial charge in [-0.1, -0.05) is 57.1 Å². The Kier molecular flexibility index (Phi) is 5.62. The Balaban J connectivity index is 1.68. The van der Waals surface area contributed by atoms with Crippen molar-refractivity contribution in [3.8, 4) is 0 Å². The van der Waals surface area contributed by atoms with Crippen molar-refractivity contribution < 1.29 is 9.21 Å². The number of fused-ring (bicyclic) bond motifs is 1. The molecule has 4 rings (SSSR count). The van der Waals surface area contributed by atoms with Gasteiger partial charge in [0, 0.05) is 15.6 Å². The van der Waals surface area contributed by atoms with Gasteiger partial charge in [-0.3, -0.25) is 9.69 Å². The topological polar surface area (TPSA) is 46.3 Å². The third-order valence-electron chi connectivity index (χ3n) is 4.04. The number of amides is 1. The number of thiazole rings is 1. The molecule has 0 fully saturated rings. The summed E-state index contributed by atoms with van der Waals surface area (Å²) in [5.41, 5.74) is 1.62. The minimum Gasteiger partial charge on any atom is -0.467 e. The quantitative estimate of drug-likeness (QED) is 0.309. The van der Waals surface area contributed by atoms with Gasteiger partial charge in [-0.25, -0.2) is 4.98 Å². The number of carbonyl (C=O) groups is 1. The molecule has 0 aliphatic carbocycles.